The fourth-order valence-electron chi connectivity index (χ4n) is 5.21. The van der Waals surface area contributed by atoms with Gasteiger partial charge in [-0.25, -0.2) is 8.78 Å². The first kappa shape index (κ1) is 19.4. The zero-order valence-electron chi connectivity index (χ0n) is 16.8. The van der Waals surface area contributed by atoms with Crippen molar-refractivity contribution in [3.63, 3.8) is 0 Å². The van der Waals surface area contributed by atoms with Gasteiger partial charge in [0.15, 0.2) is 0 Å². The molecule has 0 unspecified atom stereocenters. The van der Waals surface area contributed by atoms with E-state index in [1.807, 2.05) is 12.1 Å². The molecule has 0 heterocycles. The van der Waals surface area contributed by atoms with E-state index in [0.717, 1.165) is 29.9 Å². The average molecular weight is 381 g/mol. The molecule has 0 nitrogen and oxygen atoms in total. The van der Waals surface area contributed by atoms with Crippen LogP contribution in [-0.2, 0) is 0 Å². The van der Waals surface area contributed by atoms with Crippen molar-refractivity contribution in [2.45, 2.75) is 64.7 Å². The lowest BCUT2D eigenvalue weighted by atomic mass is 9.72. The highest BCUT2D eigenvalue weighted by molar-refractivity contribution is 5.73. The van der Waals surface area contributed by atoms with Crippen LogP contribution in [0.5, 0.6) is 0 Å². The lowest BCUT2D eigenvalue weighted by Gasteiger charge is -2.33. The van der Waals surface area contributed by atoms with E-state index in [9.17, 15) is 8.78 Å². The van der Waals surface area contributed by atoms with Crippen LogP contribution in [0, 0.1) is 23.5 Å². The van der Waals surface area contributed by atoms with Gasteiger partial charge in [-0.3, -0.25) is 0 Å². The second-order valence-electron chi connectivity index (χ2n) is 8.57. The number of allylic oxidation sites excluding steroid dienone is 2. The average Bonchev–Trinajstić information content (AvgIpc) is 2.73. The van der Waals surface area contributed by atoms with Crippen molar-refractivity contribution in [2.75, 3.05) is 0 Å². The van der Waals surface area contributed by atoms with Crippen LogP contribution in [0.4, 0.5) is 8.78 Å². The smallest absolute Gasteiger partial charge is 0.126 e. The molecule has 0 bridgehead atoms. The zero-order chi connectivity index (χ0) is 19.5. The van der Waals surface area contributed by atoms with Gasteiger partial charge in [-0.2, -0.15) is 0 Å². The van der Waals surface area contributed by atoms with Crippen molar-refractivity contribution < 1.29 is 8.78 Å². The molecule has 0 amide bonds. The maximum Gasteiger partial charge on any atom is 0.126 e. The van der Waals surface area contributed by atoms with Gasteiger partial charge in [0.25, 0.3) is 0 Å². The summed E-state index contributed by atoms with van der Waals surface area (Å²) in [4.78, 5) is 0. The molecule has 2 heteroatoms. The van der Waals surface area contributed by atoms with Gasteiger partial charge in [0.05, 0.1) is 0 Å². The summed E-state index contributed by atoms with van der Waals surface area (Å²) >= 11 is 0. The van der Waals surface area contributed by atoms with Crippen molar-refractivity contribution in [2.24, 2.45) is 11.8 Å². The summed E-state index contributed by atoms with van der Waals surface area (Å²) in [5.74, 6) is 0.628. The molecule has 2 aliphatic rings. The van der Waals surface area contributed by atoms with Crippen LogP contribution in [0.15, 0.2) is 48.0 Å². The van der Waals surface area contributed by atoms with E-state index in [4.69, 9.17) is 0 Å². The number of hydrogen-bond acceptors (Lipinski definition) is 0. The molecule has 1 saturated carbocycles. The number of rotatable bonds is 4. The Bertz CT molecular complexity index is 819. The Hall–Kier alpha value is -1.96. The second kappa shape index (κ2) is 8.59. The van der Waals surface area contributed by atoms with Gasteiger partial charge in [-0.05, 0) is 97.6 Å². The number of benzene rings is 2. The molecule has 2 aromatic carbocycles. The summed E-state index contributed by atoms with van der Waals surface area (Å²) in [6.07, 6.45) is 11.7. The predicted molar refractivity (Wildman–Crippen MR) is 113 cm³/mol. The third-order valence-electron chi connectivity index (χ3n) is 6.86. The SMILES string of the molecule is CC[C@H]1CC[C@H](C2=C(c3ccc(-c4cc(F)cc(F)c4)cc3)CCCC2)CC1. The molecule has 4 rings (SSSR count). The fourth-order valence-corrected chi connectivity index (χ4v) is 5.21. The summed E-state index contributed by atoms with van der Waals surface area (Å²) in [7, 11) is 0. The van der Waals surface area contributed by atoms with Gasteiger partial charge < -0.3 is 0 Å². The highest BCUT2D eigenvalue weighted by Crippen LogP contribution is 2.43. The minimum Gasteiger partial charge on any atom is -0.207 e. The van der Waals surface area contributed by atoms with Crippen LogP contribution in [0.25, 0.3) is 16.7 Å². The third-order valence-corrected chi connectivity index (χ3v) is 6.86. The van der Waals surface area contributed by atoms with E-state index in [0.29, 0.717) is 5.56 Å². The minimum atomic E-state index is -0.529. The lowest BCUT2D eigenvalue weighted by molar-refractivity contribution is 0.290. The molecule has 1 fully saturated rings. The lowest BCUT2D eigenvalue weighted by Crippen LogP contribution is -2.18. The van der Waals surface area contributed by atoms with E-state index in [2.05, 4.69) is 19.1 Å². The molecule has 148 valence electrons. The maximum absolute atomic E-state index is 13.5. The Morgan fingerprint density at radius 2 is 1.36 bits per heavy atom. The summed E-state index contributed by atoms with van der Waals surface area (Å²) in [6, 6.07) is 12.0. The molecule has 0 N–H and O–H groups in total. The van der Waals surface area contributed by atoms with Crippen LogP contribution in [0.3, 0.4) is 0 Å². The van der Waals surface area contributed by atoms with Gasteiger partial charge in [0, 0.05) is 6.07 Å². The minimum absolute atomic E-state index is 0.529. The van der Waals surface area contributed by atoms with E-state index in [-0.39, 0.29) is 0 Å². The third kappa shape index (κ3) is 4.21. The van der Waals surface area contributed by atoms with Gasteiger partial charge in [-0.1, -0.05) is 43.2 Å². The Morgan fingerprint density at radius 1 is 0.750 bits per heavy atom. The topological polar surface area (TPSA) is 0 Å². The highest BCUT2D eigenvalue weighted by atomic mass is 19.1. The summed E-state index contributed by atoms with van der Waals surface area (Å²) in [5.41, 5.74) is 6.00. The van der Waals surface area contributed by atoms with Crippen molar-refractivity contribution in [3.05, 3.63) is 65.2 Å². The van der Waals surface area contributed by atoms with Gasteiger partial charge in [0.1, 0.15) is 11.6 Å². The van der Waals surface area contributed by atoms with Gasteiger partial charge in [-0.15, -0.1) is 0 Å². The molecule has 0 radical (unpaired) electrons. The molecule has 0 saturated heterocycles. The van der Waals surface area contributed by atoms with Gasteiger partial charge in [0.2, 0.25) is 0 Å². The van der Waals surface area contributed by atoms with Crippen LogP contribution in [0.1, 0.15) is 70.3 Å². The van der Waals surface area contributed by atoms with Crippen molar-refractivity contribution in [1.82, 2.24) is 0 Å². The molecule has 2 aliphatic carbocycles. The number of halogens is 2. The fraction of sp³-hybridized carbons (Fsp3) is 0.462. The van der Waals surface area contributed by atoms with Crippen molar-refractivity contribution in [1.29, 1.82) is 0 Å². The van der Waals surface area contributed by atoms with Crippen molar-refractivity contribution >= 4 is 5.57 Å². The molecule has 0 atom stereocenters. The molecule has 28 heavy (non-hydrogen) atoms. The van der Waals surface area contributed by atoms with E-state index in [1.54, 1.807) is 11.1 Å². The summed E-state index contributed by atoms with van der Waals surface area (Å²) in [6.45, 7) is 2.32. The molecule has 2 aromatic rings. The van der Waals surface area contributed by atoms with Gasteiger partial charge >= 0.3 is 0 Å². The first-order valence-electron chi connectivity index (χ1n) is 10.9. The van der Waals surface area contributed by atoms with Crippen molar-refractivity contribution in [3.8, 4) is 11.1 Å². The van der Waals surface area contributed by atoms with E-state index >= 15 is 0 Å². The molecule has 0 spiro atoms. The molecule has 0 aliphatic heterocycles. The largest absolute Gasteiger partial charge is 0.207 e. The summed E-state index contributed by atoms with van der Waals surface area (Å²) in [5, 5.41) is 0. The van der Waals surface area contributed by atoms with Crippen LogP contribution in [-0.4, -0.2) is 0 Å². The standard InChI is InChI=1S/C26H30F2/c1-2-18-7-9-20(10-8-18)25-5-3-4-6-26(25)21-13-11-19(12-14-21)22-15-23(27)17-24(28)16-22/h11-18,20H,2-10H2,1H3/t18-,20-. The zero-order valence-corrected chi connectivity index (χ0v) is 16.8. The van der Waals surface area contributed by atoms with Crippen LogP contribution >= 0.6 is 0 Å². The molecular formula is C26H30F2. The first-order valence-corrected chi connectivity index (χ1v) is 10.9. The second-order valence-corrected chi connectivity index (χ2v) is 8.57. The Balaban J connectivity index is 1.60. The molecular weight excluding hydrogens is 350 g/mol. The Labute approximate surface area is 167 Å². The highest BCUT2D eigenvalue weighted by Gasteiger charge is 2.26. The quantitative estimate of drug-likeness (QED) is 0.502. The normalized spacial score (nSPS) is 23.1. The summed E-state index contributed by atoms with van der Waals surface area (Å²) < 4.78 is 27.1. The maximum atomic E-state index is 13.5. The molecule has 0 aromatic heterocycles. The predicted octanol–water partition coefficient (Wildman–Crippen LogP) is 8.18. The number of hydrogen-bond donors (Lipinski definition) is 0. The first-order chi connectivity index (χ1) is 13.6. The van der Waals surface area contributed by atoms with E-state index in [1.165, 1.54) is 69.1 Å². The van der Waals surface area contributed by atoms with Crippen LogP contribution in [0.2, 0.25) is 0 Å². The van der Waals surface area contributed by atoms with E-state index < -0.39 is 11.6 Å². The Kier molecular flexibility index (Phi) is 5.94. The van der Waals surface area contributed by atoms with Crippen LogP contribution < -0.4 is 0 Å². The Morgan fingerprint density at radius 3 is 2.00 bits per heavy atom. The monoisotopic (exact) mass is 380 g/mol.